The highest BCUT2D eigenvalue weighted by molar-refractivity contribution is 7.47. The van der Waals surface area contributed by atoms with E-state index in [9.17, 15) is 23.5 Å². The Kier molecular flexibility index (Phi) is 13.7. The number of aliphatic hydroxyl groups is 1. The Hall–Kier alpha value is 0.290. The topological polar surface area (TPSA) is 199 Å². The molecule has 28 heavy (non-hydrogen) atoms. The number of hydrogen-bond donors (Lipinski definition) is 5. The fourth-order valence-electron chi connectivity index (χ4n) is 1.56. The minimum Gasteiger partial charge on any atom is -0.396 e. The molecule has 0 fully saturated rings. The van der Waals surface area contributed by atoms with Gasteiger partial charge in [0.15, 0.2) is 0 Å². The van der Waals surface area contributed by atoms with Gasteiger partial charge in [-0.2, -0.15) is 0 Å². The van der Waals surface area contributed by atoms with Crippen LogP contribution >= 0.6 is 23.5 Å². The summed E-state index contributed by atoms with van der Waals surface area (Å²) in [6.07, 6.45) is 0.878. The molecule has 0 aliphatic heterocycles. The van der Waals surface area contributed by atoms with Crippen LogP contribution in [0.5, 0.6) is 0 Å². The molecule has 0 radical (unpaired) electrons. The molecule has 0 aliphatic carbocycles. The average Bonchev–Trinajstić information content (AvgIpc) is 2.59. The number of phosphoric acid groups is 3. The van der Waals surface area contributed by atoms with Crippen LogP contribution in [0.3, 0.4) is 0 Å². The number of aliphatic hydroxyl groups excluding tert-OH is 1. The first-order chi connectivity index (χ1) is 12.8. The summed E-state index contributed by atoms with van der Waals surface area (Å²) in [4.78, 5) is 36.2. The predicted octanol–water partition coefficient (Wildman–Crippen LogP) is 1.41. The van der Waals surface area contributed by atoms with Crippen LogP contribution in [-0.4, -0.2) is 64.3 Å². The molecular weight excluding hydrogens is 445 g/mol. The van der Waals surface area contributed by atoms with Gasteiger partial charge in [-0.1, -0.05) is 13.8 Å². The summed E-state index contributed by atoms with van der Waals surface area (Å²) in [5, 5.41) is 8.98. The van der Waals surface area contributed by atoms with E-state index in [1.807, 2.05) is 0 Å². The summed E-state index contributed by atoms with van der Waals surface area (Å²) < 4.78 is 56.8. The fourth-order valence-corrected chi connectivity index (χ4v) is 3.53. The Labute approximate surface area is 163 Å². The first-order valence-electron chi connectivity index (χ1n) is 8.38. The van der Waals surface area contributed by atoms with E-state index in [2.05, 4.69) is 18.1 Å². The van der Waals surface area contributed by atoms with Gasteiger partial charge in [0.1, 0.15) is 0 Å². The molecule has 4 unspecified atom stereocenters. The fraction of sp³-hybridized carbons (Fsp3) is 1.00. The van der Waals surface area contributed by atoms with E-state index >= 15 is 0 Å². The number of phosphoric ester groups is 3. The highest BCUT2D eigenvalue weighted by atomic mass is 31.2. The Bertz CT molecular complexity index is 561. The van der Waals surface area contributed by atoms with Crippen molar-refractivity contribution in [3.63, 3.8) is 0 Å². The van der Waals surface area contributed by atoms with Crippen molar-refractivity contribution in [2.75, 3.05) is 39.6 Å². The van der Waals surface area contributed by atoms with Gasteiger partial charge in [-0.25, -0.2) is 13.7 Å². The molecule has 0 heterocycles. The lowest BCUT2D eigenvalue weighted by molar-refractivity contribution is 0.0767. The van der Waals surface area contributed by atoms with E-state index in [-0.39, 0.29) is 32.3 Å². The van der Waals surface area contributed by atoms with E-state index in [1.54, 1.807) is 13.8 Å². The molecule has 0 amide bonds. The summed E-state index contributed by atoms with van der Waals surface area (Å²) in [5.74, 6) is -0.899. The molecule has 0 aromatic heterocycles. The number of hydrogen-bond acceptors (Lipinski definition) is 9. The SMILES string of the molecule is CCC(CO)COP(=O)(O)OCCOP(=O)(O)OCC(CC)COP(=O)(O)O. The van der Waals surface area contributed by atoms with E-state index in [1.165, 1.54) is 0 Å². The quantitative estimate of drug-likeness (QED) is 0.150. The Morgan fingerprint density at radius 3 is 1.43 bits per heavy atom. The van der Waals surface area contributed by atoms with Crippen molar-refractivity contribution in [1.82, 2.24) is 0 Å². The van der Waals surface area contributed by atoms with Gasteiger partial charge >= 0.3 is 23.5 Å². The molecule has 0 spiro atoms. The summed E-state index contributed by atoms with van der Waals surface area (Å²) in [5.41, 5.74) is 0. The van der Waals surface area contributed by atoms with Crippen molar-refractivity contribution >= 4 is 23.5 Å². The summed E-state index contributed by atoms with van der Waals surface area (Å²) in [6.45, 7) is 1.15. The maximum atomic E-state index is 11.7. The Balaban J connectivity index is 4.19. The van der Waals surface area contributed by atoms with Crippen LogP contribution in [0.1, 0.15) is 26.7 Å². The van der Waals surface area contributed by atoms with Crippen LogP contribution in [-0.2, 0) is 36.3 Å². The summed E-state index contributed by atoms with van der Waals surface area (Å²) >= 11 is 0. The van der Waals surface area contributed by atoms with E-state index in [4.69, 9.17) is 19.4 Å². The lowest BCUT2D eigenvalue weighted by atomic mass is 10.1. The van der Waals surface area contributed by atoms with Crippen LogP contribution in [0.4, 0.5) is 0 Å². The highest BCUT2D eigenvalue weighted by Crippen LogP contribution is 2.46. The molecule has 5 N–H and O–H groups in total. The maximum Gasteiger partial charge on any atom is 0.472 e. The van der Waals surface area contributed by atoms with Crippen molar-refractivity contribution in [1.29, 1.82) is 0 Å². The van der Waals surface area contributed by atoms with Gasteiger partial charge in [-0.15, -0.1) is 0 Å². The molecule has 0 bridgehead atoms. The van der Waals surface area contributed by atoms with Gasteiger partial charge in [-0.05, 0) is 12.8 Å². The average molecular weight is 474 g/mol. The van der Waals surface area contributed by atoms with Crippen LogP contribution < -0.4 is 0 Å². The second-order valence-electron chi connectivity index (χ2n) is 5.71. The van der Waals surface area contributed by atoms with E-state index < -0.39 is 42.6 Å². The van der Waals surface area contributed by atoms with Gasteiger partial charge in [0, 0.05) is 18.4 Å². The van der Waals surface area contributed by atoms with Gasteiger partial charge < -0.3 is 24.7 Å². The molecule has 170 valence electrons. The van der Waals surface area contributed by atoms with Crippen molar-refractivity contribution in [2.45, 2.75) is 26.7 Å². The third-order valence-corrected chi connectivity index (χ3v) is 5.88. The third-order valence-electron chi connectivity index (χ3n) is 3.43. The van der Waals surface area contributed by atoms with Crippen molar-refractivity contribution in [3.8, 4) is 0 Å². The third kappa shape index (κ3) is 15.2. The zero-order chi connectivity index (χ0) is 21.8. The number of rotatable bonds is 17. The summed E-state index contributed by atoms with van der Waals surface area (Å²) in [6, 6.07) is 0. The van der Waals surface area contributed by atoms with Gasteiger partial charge in [-0.3, -0.25) is 22.6 Å². The lowest BCUT2D eigenvalue weighted by Crippen LogP contribution is -2.15. The standard InChI is InChI=1S/C12H29O13P3/c1-3-11(7-13)8-24-27(17,18)21-5-6-22-28(19,20)25-10-12(4-2)9-23-26(14,15)16/h11-13H,3-10H2,1-2H3,(H,17,18)(H,19,20)(H2,14,15,16). The van der Waals surface area contributed by atoms with Crippen molar-refractivity contribution < 1.29 is 61.0 Å². The molecular formula is C12H29O13P3. The molecule has 16 heteroatoms. The zero-order valence-corrected chi connectivity index (χ0v) is 18.3. The molecule has 0 aliphatic rings. The van der Waals surface area contributed by atoms with Gasteiger partial charge in [0.25, 0.3) is 0 Å². The molecule has 4 atom stereocenters. The lowest BCUT2D eigenvalue weighted by Gasteiger charge is -2.18. The van der Waals surface area contributed by atoms with Gasteiger partial charge in [0.2, 0.25) is 0 Å². The highest BCUT2D eigenvalue weighted by Gasteiger charge is 2.26. The maximum absolute atomic E-state index is 11.7. The predicted molar refractivity (Wildman–Crippen MR) is 96.1 cm³/mol. The van der Waals surface area contributed by atoms with Gasteiger partial charge in [0.05, 0.1) is 33.0 Å². The zero-order valence-electron chi connectivity index (χ0n) is 15.7. The van der Waals surface area contributed by atoms with Crippen LogP contribution in [0.15, 0.2) is 0 Å². The Morgan fingerprint density at radius 1 is 0.679 bits per heavy atom. The van der Waals surface area contributed by atoms with Crippen LogP contribution in [0, 0.1) is 11.8 Å². The minimum absolute atomic E-state index is 0.196. The second-order valence-corrected chi connectivity index (χ2v) is 9.86. The summed E-state index contributed by atoms with van der Waals surface area (Å²) in [7, 11) is -13.6. The molecule has 0 saturated carbocycles. The normalized spacial score (nSPS) is 19.0. The largest absolute Gasteiger partial charge is 0.472 e. The second kappa shape index (κ2) is 13.6. The minimum atomic E-state index is -4.66. The van der Waals surface area contributed by atoms with Crippen molar-refractivity contribution in [2.24, 2.45) is 11.8 Å². The molecule has 0 saturated heterocycles. The molecule has 0 aromatic carbocycles. The van der Waals surface area contributed by atoms with Crippen LogP contribution in [0.25, 0.3) is 0 Å². The first-order valence-corrected chi connectivity index (χ1v) is 12.9. The first kappa shape index (κ1) is 28.3. The van der Waals surface area contributed by atoms with Crippen LogP contribution in [0.2, 0.25) is 0 Å². The Morgan fingerprint density at radius 2 is 1.07 bits per heavy atom. The van der Waals surface area contributed by atoms with E-state index in [0.29, 0.717) is 12.8 Å². The smallest absolute Gasteiger partial charge is 0.396 e. The van der Waals surface area contributed by atoms with Crippen molar-refractivity contribution in [3.05, 3.63) is 0 Å². The molecule has 0 rings (SSSR count). The molecule has 0 aromatic rings. The monoisotopic (exact) mass is 474 g/mol. The molecule has 13 nitrogen and oxygen atoms in total. The van der Waals surface area contributed by atoms with E-state index in [0.717, 1.165) is 0 Å².